The van der Waals surface area contributed by atoms with Crippen molar-refractivity contribution in [1.29, 1.82) is 0 Å². The Morgan fingerprint density at radius 1 is 0.482 bits per heavy atom. The largest absolute Gasteiger partial charge is 0.510 e. The number of nitrogens with one attached hydrogen (secondary N) is 2. The number of ether oxygens (including phenoxy) is 9. The first-order valence-corrected chi connectivity index (χ1v) is 30.5. The standard InChI is InChI=1S/C44H66N15O21P3/c1-27(2)78-42(60)69-21-75-81(63,64)24-72-30(7)10-56-16-51-33-36(45-13-47-38(33)56)54-19-59(41-35-40(49-15-50-41)58(18-53-35)12-32(9)74-26-83(67,68)77-23-71-44(62)80-29(5)6)20-55-37-34-39(48-14-46-37)57(17-52-34)11-31(8)73-25-82(65,66)76-22-70-43(61)79-28(3)4/h13-18,27-32H,10-12,19-26H2,1-9H3,(H,63,64)(H,65,66)(H,67,68)(H,45,47,54)(H,46,48,55)/t30-,31-,32-/m1/s1. The Bertz CT molecular complexity index is 3120. The number of hydrogen-bond acceptors (Lipinski definition) is 30. The van der Waals surface area contributed by atoms with Gasteiger partial charge in [-0.2, -0.15) is 0 Å². The van der Waals surface area contributed by atoms with E-state index in [0.29, 0.717) is 39.3 Å². The maximum Gasteiger partial charge on any atom is 0.510 e. The first-order chi connectivity index (χ1) is 39.3. The number of carbonyl (C=O) groups is 3. The molecule has 6 aromatic heterocycles. The van der Waals surface area contributed by atoms with Crippen molar-refractivity contribution < 1.29 is 99.0 Å². The SMILES string of the molecule is CC(C)OC(=O)OCOP(=O)(O)CO[C@H](C)Cn1cnc2c(NCN(CNc3ncnc4c3ncn4C[C@@H](C)OCP(=O)(O)OCOC(=O)OC(C)C)c3ncnc4c3ncn4C[C@@H](C)OCP(=O)(O)OCOC(=O)OC(C)C)ncnc21. The van der Waals surface area contributed by atoms with Crippen LogP contribution in [0, 0.1) is 0 Å². The molecular weight excluding hydrogens is 1170 g/mol. The van der Waals surface area contributed by atoms with Crippen LogP contribution in [-0.2, 0) is 89.5 Å². The number of hydrogen-bond donors (Lipinski definition) is 5. The number of aromatic nitrogens is 12. The molecule has 36 nitrogen and oxygen atoms in total. The summed E-state index contributed by atoms with van der Waals surface area (Å²) in [6.07, 6.45) is -0.459. The predicted octanol–water partition coefficient (Wildman–Crippen LogP) is 5.30. The topological polar surface area (TPSA) is 432 Å². The Labute approximate surface area is 473 Å². The van der Waals surface area contributed by atoms with Gasteiger partial charge in [0.2, 0.25) is 20.4 Å². The molecule has 0 fully saturated rings. The van der Waals surface area contributed by atoms with E-state index in [1.54, 1.807) is 80.9 Å². The molecule has 6 rings (SSSR count). The van der Waals surface area contributed by atoms with Crippen LogP contribution < -0.4 is 15.5 Å². The maximum absolute atomic E-state index is 12.7. The third-order valence-corrected chi connectivity index (χ3v) is 13.5. The second-order valence-corrected chi connectivity index (χ2v) is 24.1. The van der Waals surface area contributed by atoms with E-state index < -0.39 is 117 Å². The fraction of sp³-hybridized carbons (Fsp3) is 0.591. The van der Waals surface area contributed by atoms with Crippen LogP contribution in [0.4, 0.5) is 31.8 Å². The summed E-state index contributed by atoms with van der Waals surface area (Å²) in [6.45, 7) is 12.3. The van der Waals surface area contributed by atoms with E-state index in [4.69, 9.17) is 42.0 Å². The molecule has 0 radical (unpaired) electrons. The smallest absolute Gasteiger partial charge is 0.432 e. The van der Waals surface area contributed by atoms with Crippen molar-refractivity contribution in [2.45, 2.75) is 119 Å². The van der Waals surface area contributed by atoms with E-state index in [2.05, 4.69) is 69.7 Å². The summed E-state index contributed by atoms with van der Waals surface area (Å²) >= 11 is 0. The van der Waals surface area contributed by atoms with Gasteiger partial charge in [-0.3, -0.25) is 27.3 Å². The van der Waals surface area contributed by atoms with Crippen molar-refractivity contribution in [3.63, 3.8) is 0 Å². The average Bonchev–Trinajstić information content (AvgIpc) is 4.16. The summed E-state index contributed by atoms with van der Waals surface area (Å²) in [4.78, 5) is 108. The molecule has 0 spiro atoms. The molecule has 458 valence electrons. The zero-order valence-corrected chi connectivity index (χ0v) is 49.2. The number of carbonyl (C=O) groups excluding carboxylic acids is 3. The average molecular weight is 1230 g/mol. The van der Waals surface area contributed by atoms with Gasteiger partial charge in [-0.25, -0.2) is 59.2 Å². The number of imidazole rings is 3. The highest BCUT2D eigenvalue weighted by Crippen LogP contribution is 2.44. The number of fused-ring (bicyclic) bond motifs is 3. The molecule has 0 aliphatic carbocycles. The first-order valence-electron chi connectivity index (χ1n) is 25.2. The molecular formula is C44H66N15O21P3. The summed E-state index contributed by atoms with van der Waals surface area (Å²) in [5.41, 5.74) is 2.10. The van der Waals surface area contributed by atoms with Gasteiger partial charge in [-0.1, -0.05) is 0 Å². The normalized spacial score (nSPS) is 15.1. The third-order valence-electron chi connectivity index (χ3n) is 10.6. The van der Waals surface area contributed by atoms with Crippen LogP contribution in [0.1, 0.15) is 62.3 Å². The Morgan fingerprint density at radius 3 is 1.13 bits per heavy atom. The van der Waals surface area contributed by atoms with Crippen LogP contribution in [0.15, 0.2) is 38.0 Å². The van der Waals surface area contributed by atoms with Crippen molar-refractivity contribution in [3.8, 4) is 0 Å². The zero-order valence-electron chi connectivity index (χ0n) is 46.6. The van der Waals surface area contributed by atoms with Crippen molar-refractivity contribution in [2.24, 2.45) is 0 Å². The van der Waals surface area contributed by atoms with Gasteiger partial charge in [0.25, 0.3) is 0 Å². The van der Waals surface area contributed by atoms with Gasteiger partial charge in [0, 0.05) is 0 Å². The third kappa shape index (κ3) is 20.8. The van der Waals surface area contributed by atoms with Crippen LogP contribution in [0.2, 0.25) is 0 Å². The first kappa shape index (κ1) is 65.3. The zero-order chi connectivity index (χ0) is 60.5. The van der Waals surface area contributed by atoms with E-state index in [-0.39, 0.29) is 44.6 Å². The fourth-order valence-corrected chi connectivity index (χ4v) is 9.19. The minimum atomic E-state index is -4.38. The molecule has 0 aliphatic rings. The molecule has 6 heterocycles. The highest BCUT2D eigenvalue weighted by atomic mass is 31.2. The van der Waals surface area contributed by atoms with E-state index >= 15 is 0 Å². The highest BCUT2D eigenvalue weighted by molar-refractivity contribution is 7.53. The number of anilines is 3. The van der Waals surface area contributed by atoms with Crippen molar-refractivity contribution >= 4 is 92.2 Å². The van der Waals surface area contributed by atoms with Gasteiger partial charge < -0.3 is 86.5 Å². The van der Waals surface area contributed by atoms with Crippen molar-refractivity contribution in [3.05, 3.63) is 38.0 Å². The summed E-state index contributed by atoms with van der Waals surface area (Å²) in [5, 5.41) is 6.58. The lowest BCUT2D eigenvalue weighted by Crippen LogP contribution is -2.35. The van der Waals surface area contributed by atoms with Gasteiger partial charge in [0.05, 0.1) is 88.6 Å². The molecule has 0 saturated carbocycles. The van der Waals surface area contributed by atoms with E-state index in [1.807, 2.05) is 0 Å². The van der Waals surface area contributed by atoms with Crippen molar-refractivity contribution in [2.75, 3.05) is 68.3 Å². The molecule has 0 aliphatic heterocycles. The predicted molar refractivity (Wildman–Crippen MR) is 287 cm³/mol. The lowest BCUT2D eigenvalue weighted by Gasteiger charge is -2.25. The molecule has 83 heavy (non-hydrogen) atoms. The Morgan fingerprint density at radius 2 is 0.795 bits per heavy atom. The molecule has 0 amide bonds. The van der Waals surface area contributed by atoms with E-state index in [1.165, 1.54) is 38.0 Å². The molecule has 0 bridgehead atoms. The van der Waals surface area contributed by atoms with Crippen LogP contribution in [-0.4, -0.2) is 181 Å². The van der Waals surface area contributed by atoms with Gasteiger partial charge in [-0.05, 0) is 62.3 Å². The van der Waals surface area contributed by atoms with Gasteiger partial charge in [-0.15, -0.1) is 0 Å². The van der Waals surface area contributed by atoms with E-state index in [0.717, 1.165) is 0 Å². The van der Waals surface area contributed by atoms with Gasteiger partial charge in [0.1, 0.15) is 49.1 Å². The van der Waals surface area contributed by atoms with Crippen LogP contribution in [0.25, 0.3) is 33.5 Å². The molecule has 6 aromatic rings. The summed E-state index contributed by atoms with van der Waals surface area (Å²) < 4.78 is 103. The molecule has 5 N–H and O–H groups in total. The van der Waals surface area contributed by atoms with Crippen LogP contribution in [0.3, 0.4) is 0 Å². The van der Waals surface area contributed by atoms with Gasteiger partial charge >= 0.3 is 41.3 Å². The monoisotopic (exact) mass is 1230 g/mol. The number of rotatable bonds is 34. The van der Waals surface area contributed by atoms with Crippen molar-refractivity contribution in [1.82, 2.24) is 58.6 Å². The quantitative estimate of drug-likeness (QED) is 0.0148. The fourth-order valence-electron chi connectivity index (χ4n) is 6.98. The minimum absolute atomic E-state index is 0.0382. The lowest BCUT2D eigenvalue weighted by atomic mass is 10.4. The molecule has 3 unspecified atom stereocenters. The van der Waals surface area contributed by atoms with Gasteiger partial charge in [0.15, 0.2) is 39.9 Å². The summed E-state index contributed by atoms with van der Waals surface area (Å²) in [5.74, 6) is 0.873. The summed E-state index contributed by atoms with van der Waals surface area (Å²) in [6, 6.07) is 0. The minimum Gasteiger partial charge on any atom is -0.432 e. The molecule has 0 saturated heterocycles. The number of nitrogens with zero attached hydrogens (tertiary/aromatic N) is 13. The summed E-state index contributed by atoms with van der Waals surface area (Å²) in [7, 11) is -13.1. The second kappa shape index (κ2) is 30.1. The highest BCUT2D eigenvalue weighted by Gasteiger charge is 2.27. The molecule has 39 heteroatoms. The molecule has 0 aromatic carbocycles. The van der Waals surface area contributed by atoms with E-state index in [9.17, 15) is 42.8 Å². The Balaban J connectivity index is 1.16. The van der Waals surface area contributed by atoms with Crippen LogP contribution >= 0.6 is 22.8 Å². The Hall–Kier alpha value is -6.81. The van der Waals surface area contributed by atoms with Crippen LogP contribution in [0.5, 0.6) is 0 Å². The maximum atomic E-state index is 12.7. The lowest BCUT2D eigenvalue weighted by molar-refractivity contribution is -0.0165. The molecule has 6 atom stereocenters. The Kier molecular flexibility index (Phi) is 23.7. The second-order valence-electron chi connectivity index (χ2n) is 18.7.